The molecular formula is C19H19ClNOP. The molecule has 23 heavy (non-hydrogen) atoms. The molecule has 1 aromatic heterocycles. The standard InChI is InChI=1S/C19H19ClNOP/c20-19-12-11-16(22-19)15-21-13-14-23(17-7-3-1-4-8-17)18-9-5-2-6-10-18/h1-12,21H,13-15H2. The monoisotopic (exact) mass is 343 g/mol. The average Bonchev–Trinajstić information content (AvgIpc) is 3.02. The van der Waals surface area contributed by atoms with Gasteiger partial charge in [0.05, 0.1) is 6.54 Å². The first kappa shape index (κ1) is 16.3. The van der Waals surface area contributed by atoms with Crippen LogP contribution >= 0.6 is 19.5 Å². The Labute approximate surface area is 143 Å². The summed E-state index contributed by atoms with van der Waals surface area (Å²) in [4.78, 5) is 0. The van der Waals surface area contributed by atoms with Gasteiger partial charge in [0.2, 0.25) is 0 Å². The van der Waals surface area contributed by atoms with E-state index in [1.54, 1.807) is 6.07 Å². The van der Waals surface area contributed by atoms with Crippen LogP contribution in [0.5, 0.6) is 0 Å². The highest BCUT2D eigenvalue weighted by Gasteiger charge is 2.12. The molecule has 0 amide bonds. The first-order chi connectivity index (χ1) is 11.3. The zero-order chi connectivity index (χ0) is 15.9. The third-order valence-corrected chi connectivity index (χ3v) is 6.29. The Kier molecular flexibility index (Phi) is 5.87. The summed E-state index contributed by atoms with van der Waals surface area (Å²) in [6, 6.07) is 25.2. The Morgan fingerprint density at radius 1 is 0.826 bits per heavy atom. The van der Waals surface area contributed by atoms with Gasteiger partial charge in [-0.1, -0.05) is 60.7 Å². The fourth-order valence-corrected chi connectivity index (χ4v) is 4.89. The Morgan fingerprint density at radius 2 is 1.43 bits per heavy atom. The summed E-state index contributed by atoms with van der Waals surface area (Å²) in [6.07, 6.45) is 1.10. The Bertz CT molecular complexity index is 675. The van der Waals surface area contributed by atoms with Gasteiger partial charge in [-0.05, 0) is 48.4 Å². The second kappa shape index (κ2) is 8.31. The summed E-state index contributed by atoms with van der Waals surface area (Å²) >= 11 is 5.79. The molecule has 0 aliphatic carbocycles. The van der Waals surface area contributed by atoms with Crippen LogP contribution in [-0.2, 0) is 6.54 Å². The van der Waals surface area contributed by atoms with E-state index < -0.39 is 0 Å². The molecule has 0 unspecified atom stereocenters. The van der Waals surface area contributed by atoms with Gasteiger partial charge in [-0.3, -0.25) is 0 Å². The highest BCUT2D eigenvalue weighted by molar-refractivity contribution is 7.73. The number of hydrogen-bond donors (Lipinski definition) is 1. The van der Waals surface area contributed by atoms with Crippen LogP contribution in [0.15, 0.2) is 77.2 Å². The van der Waals surface area contributed by atoms with Crippen molar-refractivity contribution in [3.05, 3.63) is 83.8 Å². The maximum absolute atomic E-state index is 5.79. The Balaban J connectivity index is 1.63. The molecule has 0 saturated carbocycles. The normalized spacial score (nSPS) is 11.0. The lowest BCUT2D eigenvalue weighted by Gasteiger charge is -2.18. The predicted octanol–water partition coefficient (Wildman–Crippen LogP) is 4.16. The lowest BCUT2D eigenvalue weighted by molar-refractivity contribution is 0.489. The van der Waals surface area contributed by atoms with Gasteiger partial charge in [-0.2, -0.15) is 0 Å². The number of halogens is 1. The molecule has 0 aliphatic heterocycles. The molecule has 0 spiro atoms. The number of furan rings is 1. The van der Waals surface area contributed by atoms with Crippen LogP contribution < -0.4 is 15.9 Å². The van der Waals surface area contributed by atoms with Crippen molar-refractivity contribution in [2.45, 2.75) is 6.54 Å². The largest absolute Gasteiger partial charge is 0.448 e. The summed E-state index contributed by atoms with van der Waals surface area (Å²) < 4.78 is 5.37. The first-order valence-electron chi connectivity index (χ1n) is 7.65. The van der Waals surface area contributed by atoms with Crippen LogP contribution in [0.25, 0.3) is 0 Å². The number of rotatable bonds is 7. The molecule has 2 nitrogen and oxygen atoms in total. The minimum Gasteiger partial charge on any atom is -0.448 e. The Morgan fingerprint density at radius 3 is 1.96 bits per heavy atom. The van der Waals surface area contributed by atoms with Crippen molar-refractivity contribution in [2.75, 3.05) is 12.7 Å². The third-order valence-electron chi connectivity index (χ3n) is 3.58. The smallest absolute Gasteiger partial charge is 0.193 e. The molecule has 1 heterocycles. The highest BCUT2D eigenvalue weighted by atomic mass is 35.5. The quantitative estimate of drug-likeness (QED) is 0.515. The third kappa shape index (κ3) is 4.68. The van der Waals surface area contributed by atoms with Crippen molar-refractivity contribution >= 4 is 30.1 Å². The first-order valence-corrected chi connectivity index (χ1v) is 9.56. The van der Waals surface area contributed by atoms with Crippen LogP contribution in [0.4, 0.5) is 0 Å². The molecule has 0 fully saturated rings. The molecule has 2 aromatic carbocycles. The van der Waals surface area contributed by atoms with E-state index in [0.29, 0.717) is 11.8 Å². The van der Waals surface area contributed by atoms with E-state index in [9.17, 15) is 0 Å². The fraction of sp³-hybridized carbons (Fsp3) is 0.158. The molecule has 118 valence electrons. The SMILES string of the molecule is Clc1ccc(CNCCP(c2ccccc2)c2ccccc2)o1. The van der Waals surface area contributed by atoms with Gasteiger partial charge < -0.3 is 9.73 Å². The maximum atomic E-state index is 5.79. The van der Waals surface area contributed by atoms with Crippen molar-refractivity contribution in [3.63, 3.8) is 0 Å². The minimum atomic E-state index is -0.345. The molecule has 0 radical (unpaired) electrons. The van der Waals surface area contributed by atoms with Crippen molar-refractivity contribution in [2.24, 2.45) is 0 Å². The van der Waals surface area contributed by atoms with E-state index in [1.807, 2.05) is 6.07 Å². The fourth-order valence-electron chi connectivity index (χ4n) is 2.47. The number of benzene rings is 2. The van der Waals surface area contributed by atoms with Crippen LogP contribution in [-0.4, -0.2) is 12.7 Å². The molecule has 0 bridgehead atoms. The molecule has 3 rings (SSSR count). The van der Waals surface area contributed by atoms with E-state index in [-0.39, 0.29) is 7.92 Å². The highest BCUT2D eigenvalue weighted by Crippen LogP contribution is 2.32. The van der Waals surface area contributed by atoms with Gasteiger partial charge in [0.25, 0.3) is 0 Å². The van der Waals surface area contributed by atoms with Gasteiger partial charge >= 0.3 is 0 Å². The van der Waals surface area contributed by atoms with E-state index in [1.165, 1.54) is 10.6 Å². The van der Waals surface area contributed by atoms with Crippen LogP contribution in [0.1, 0.15) is 5.76 Å². The minimum absolute atomic E-state index is 0.345. The molecule has 3 aromatic rings. The van der Waals surface area contributed by atoms with Crippen LogP contribution in [0.3, 0.4) is 0 Å². The van der Waals surface area contributed by atoms with Crippen molar-refractivity contribution in [1.29, 1.82) is 0 Å². The van der Waals surface area contributed by atoms with E-state index in [4.69, 9.17) is 16.0 Å². The molecule has 4 heteroatoms. The summed E-state index contributed by atoms with van der Waals surface area (Å²) in [5, 5.41) is 6.72. The molecular weight excluding hydrogens is 325 g/mol. The topological polar surface area (TPSA) is 25.2 Å². The zero-order valence-electron chi connectivity index (χ0n) is 12.8. The van der Waals surface area contributed by atoms with Gasteiger partial charge in [-0.25, -0.2) is 0 Å². The summed E-state index contributed by atoms with van der Waals surface area (Å²) in [6.45, 7) is 1.65. The lowest BCUT2D eigenvalue weighted by Crippen LogP contribution is -2.22. The maximum Gasteiger partial charge on any atom is 0.193 e. The summed E-state index contributed by atoms with van der Waals surface area (Å²) in [7, 11) is -0.345. The second-order valence-corrected chi connectivity index (χ2v) is 7.91. The second-order valence-electron chi connectivity index (χ2n) is 5.21. The van der Waals surface area contributed by atoms with Gasteiger partial charge in [0.1, 0.15) is 5.76 Å². The predicted molar refractivity (Wildman–Crippen MR) is 99.4 cm³/mol. The molecule has 0 saturated heterocycles. The van der Waals surface area contributed by atoms with Gasteiger partial charge in [0.15, 0.2) is 5.22 Å². The Hall–Kier alpha value is -1.60. The van der Waals surface area contributed by atoms with E-state index >= 15 is 0 Å². The molecule has 1 N–H and O–H groups in total. The van der Waals surface area contributed by atoms with Crippen molar-refractivity contribution < 1.29 is 4.42 Å². The van der Waals surface area contributed by atoms with Crippen LogP contribution in [0, 0.1) is 0 Å². The average molecular weight is 344 g/mol. The molecule has 0 aliphatic rings. The van der Waals surface area contributed by atoms with Crippen LogP contribution in [0.2, 0.25) is 5.22 Å². The van der Waals surface area contributed by atoms with Crippen molar-refractivity contribution in [1.82, 2.24) is 5.32 Å². The van der Waals surface area contributed by atoms with Gasteiger partial charge in [0, 0.05) is 6.54 Å². The summed E-state index contributed by atoms with van der Waals surface area (Å²) in [5.41, 5.74) is 0. The van der Waals surface area contributed by atoms with Gasteiger partial charge in [-0.15, -0.1) is 0 Å². The zero-order valence-corrected chi connectivity index (χ0v) is 14.4. The number of nitrogens with one attached hydrogen (secondary N) is 1. The van der Waals surface area contributed by atoms with E-state index in [0.717, 1.165) is 18.5 Å². The van der Waals surface area contributed by atoms with Crippen molar-refractivity contribution in [3.8, 4) is 0 Å². The molecule has 0 atom stereocenters. The number of hydrogen-bond acceptors (Lipinski definition) is 2. The van der Waals surface area contributed by atoms with E-state index in [2.05, 4.69) is 66.0 Å². The summed E-state index contributed by atoms with van der Waals surface area (Å²) in [5.74, 6) is 0.874. The lowest BCUT2D eigenvalue weighted by atomic mass is 10.4.